The molecular formula is C13H19Cl2NO4S. The van der Waals surface area contributed by atoms with Crippen molar-refractivity contribution >= 4 is 33.0 Å². The van der Waals surface area contributed by atoms with E-state index in [-0.39, 0.29) is 24.9 Å². The maximum absolute atomic E-state index is 11.1. The number of hydrogen-bond donors (Lipinski definition) is 2. The van der Waals surface area contributed by atoms with Gasteiger partial charge in [0.25, 0.3) is 0 Å². The Morgan fingerprint density at radius 3 is 2.57 bits per heavy atom. The molecule has 0 aromatic heterocycles. The molecule has 0 radical (unpaired) electrons. The van der Waals surface area contributed by atoms with Crippen molar-refractivity contribution < 1.29 is 18.3 Å². The zero-order valence-corrected chi connectivity index (χ0v) is 14.2. The van der Waals surface area contributed by atoms with E-state index in [1.165, 1.54) is 6.26 Å². The number of aliphatic hydroxyl groups is 1. The SMILES string of the molecule is CC(CS(C)(=O)=O)NCC(O)COc1ccc(Cl)c(Cl)c1. The molecule has 0 heterocycles. The Hall–Kier alpha value is -0.530. The molecule has 0 amide bonds. The standard InChI is InChI=1S/C13H19Cl2NO4S/c1-9(8-21(2,18)19)16-6-10(17)7-20-11-3-4-12(14)13(15)5-11/h3-5,9-10,16-17H,6-8H2,1-2H3. The van der Waals surface area contributed by atoms with Gasteiger partial charge in [-0.2, -0.15) is 0 Å². The minimum absolute atomic E-state index is 0.0212. The Morgan fingerprint density at radius 2 is 2.00 bits per heavy atom. The highest BCUT2D eigenvalue weighted by Crippen LogP contribution is 2.26. The first-order valence-electron chi connectivity index (χ1n) is 6.34. The first kappa shape index (κ1) is 18.5. The Bertz CT molecular complexity index is 565. The second-order valence-corrected chi connectivity index (χ2v) is 7.94. The summed E-state index contributed by atoms with van der Waals surface area (Å²) in [4.78, 5) is 0. The Kier molecular flexibility index (Phi) is 7.23. The van der Waals surface area contributed by atoms with Crippen molar-refractivity contribution in [2.45, 2.75) is 19.1 Å². The maximum Gasteiger partial charge on any atom is 0.148 e. The minimum Gasteiger partial charge on any atom is -0.491 e. The average Bonchev–Trinajstić information content (AvgIpc) is 2.36. The van der Waals surface area contributed by atoms with E-state index in [4.69, 9.17) is 27.9 Å². The topological polar surface area (TPSA) is 75.6 Å². The highest BCUT2D eigenvalue weighted by atomic mass is 35.5. The van der Waals surface area contributed by atoms with E-state index in [1.54, 1.807) is 25.1 Å². The molecule has 5 nitrogen and oxygen atoms in total. The van der Waals surface area contributed by atoms with E-state index >= 15 is 0 Å². The fraction of sp³-hybridized carbons (Fsp3) is 0.538. The molecule has 0 spiro atoms. The third kappa shape index (κ3) is 7.87. The van der Waals surface area contributed by atoms with Gasteiger partial charge in [-0.3, -0.25) is 0 Å². The van der Waals surface area contributed by atoms with Crippen molar-refractivity contribution in [2.75, 3.05) is 25.2 Å². The summed E-state index contributed by atoms with van der Waals surface area (Å²) in [6, 6.07) is 4.59. The van der Waals surface area contributed by atoms with Crippen LogP contribution in [-0.4, -0.2) is 50.8 Å². The molecule has 0 aliphatic heterocycles. The molecule has 1 aromatic carbocycles. The van der Waals surface area contributed by atoms with Crippen LogP contribution in [0.4, 0.5) is 0 Å². The number of hydrogen-bond acceptors (Lipinski definition) is 5. The van der Waals surface area contributed by atoms with Crippen LogP contribution in [0.3, 0.4) is 0 Å². The number of benzene rings is 1. The van der Waals surface area contributed by atoms with Crippen molar-refractivity contribution in [3.63, 3.8) is 0 Å². The lowest BCUT2D eigenvalue weighted by atomic mass is 10.3. The van der Waals surface area contributed by atoms with Crippen LogP contribution in [0.1, 0.15) is 6.92 Å². The molecular weight excluding hydrogens is 337 g/mol. The molecule has 1 aromatic rings. The monoisotopic (exact) mass is 355 g/mol. The van der Waals surface area contributed by atoms with Crippen LogP contribution in [0.15, 0.2) is 18.2 Å². The van der Waals surface area contributed by atoms with Gasteiger partial charge < -0.3 is 15.2 Å². The van der Waals surface area contributed by atoms with Crippen molar-refractivity contribution in [1.29, 1.82) is 0 Å². The van der Waals surface area contributed by atoms with Gasteiger partial charge in [-0.05, 0) is 19.1 Å². The van der Waals surface area contributed by atoms with Gasteiger partial charge in [-0.1, -0.05) is 23.2 Å². The largest absolute Gasteiger partial charge is 0.491 e. The number of aliphatic hydroxyl groups excluding tert-OH is 1. The van der Waals surface area contributed by atoms with Crippen LogP contribution in [0, 0.1) is 0 Å². The van der Waals surface area contributed by atoms with Crippen LogP contribution in [-0.2, 0) is 9.84 Å². The van der Waals surface area contributed by atoms with Crippen molar-refractivity contribution in [2.24, 2.45) is 0 Å². The van der Waals surface area contributed by atoms with Crippen LogP contribution in [0.25, 0.3) is 0 Å². The first-order chi connectivity index (χ1) is 9.67. The summed E-state index contributed by atoms with van der Waals surface area (Å²) in [7, 11) is -3.04. The quantitative estimate of drug-likeness (QED) is 0.742. The summed E-state index contributed by atoms with van der Waals surface area (Å²) in [5, 5.41) is 13.5. The van der Waals surface area contributed by atoms with Gasteiger partial charge in [0, 0.05) is 24.9 Å². The molecule has 21 heavy (non-hydrogen) atoms. The molecule has 0 saturated carbocycles. The third-order valence-corrected chi connectivity index (χ3v) is 4.43. The third-order valence-electron chi connectivity index (χ3n) is 2.59. The van der Waals surface area contributed by atoms with Crippen molar-refractivity contribution in [3.05, 3.63) is 28.2 Å². The van der Waals surface area contributed by atoms with Crippen LogP contribution < -0.4 is 10.1 Å². The fourth-order valence-electron chi connectivity index (χ4n) is 1.67. The van der Waals surface area contributed by atoms with Gasteiger partial charge >= 0.3 is 0 Å². The number of ether oxygens (including phenoxy) is 1. The summed E-state index contributed by atoms with van der Waals surface area (Å²) in [6.45, 7) is 2.04. The minimum atomic E-state index is -3.04. The highest BCUT2D eigenvalue weighted by Gasteiger charge is 2.12. The van der Waals surface area contributed by atoms with Gasteiger partial charge in [0.2, 0.25) is 0 Å². The lowest BCUT2D eigenvalue weighted by Crippen LogP contribution is -2.39. The highest BCUT2D eigenvalue weighted by molar-refractivity contribution is 7.90. The lowest BCUT2D eigenvalue weighted by Gasteiger charge is -2.17. The molecule has 1 rings (SSSR count). The molecule has 2 N–H and O–H groups in total. The van der Waals surface area contributed by atoms with Gasteiger partial charge in [0.1, 0.15) is 28.3 Å². The van der Waals surface area contributed by atoms with E-state index in [1.807, 2.05) is 0 Å². The van der Waals surface area contributed by atoms with Crippen LogP contribution in [0.2, 0.25) is 10.0 Å². The predicted molar refractivity (Wildman–Crippen MR) is 85.1 cm³/mol. The van der Waals surface area contributed by atoms with Crippen molar-refractivity contribution in [3.8, 4) is 5.75 Å². The molecule has 0 aliphatic carbocycles. The van der Waals surface area contributed by atoms with Gasteiger partial charge in [0.05, 0.1) is 15.8 Å². The van der Waals surface area contributed by atoms with Crippen molar-refractivity contribution in [1.82, 2.24) is 5.32 Å². The number of halogens is 2. The molecule has 0 bridgehead atoms. The molecule has 0 saturated heterocycles. The molecule has 2 atom stereocenters. The molecule has 0 fully saturated rings. The fourth-order valence-corrected chi connectivity index (χ4v) is 2.98. The summed E-state index contributed by atoms with van der Waals surface area (Å²) < 4.78 is 27.6. The molecule has 0 aliphatic rings. The number of sulfone groups is 1. The van der Waals surface area contributed by atoms with Crippen LogP contribution in [0.5, 0.6) is 5.75 Å². The van der Waals surface area contributed by atoms with E-state index in [0.717, 1.165) is 0 Å². The van der Waals surface area contributed by atoms with E-state index in [9.17, 15) is 13.5 Å². The first-order valence-corrected chi connectivity index (χ1v) is 9.16. The number of rotatable bonds is 8. The Morgan fingerprint density at radius 1 is 1.33 bits per heavy atom. The maximum atomic E-state index is 11.1. The Labute approximate surface area is 135 Å². The lowest BCUT2D eigenvalue weighted by molar-refractivity contribution is 0.105. The zero-order valence-electron chi connectivity index (χ0n) is 11.8. The smallest absolute Gasteiger partial charge is 0.148 e. The molecule has 120 valence electrons. The molecule has 2 unspecified atom stereocenters. The second kappa shape index (κ2) is 8.19. The van der Waals surface area contributed by atoms with Gasteiger partial charge in [-0.15, -0.1) is 0 Å². The molecule has 8 heteroatoms. The summed E-state index contributed by atoms with van der Waals surface area (Å²) >= 11 is 11.6. The summed E-state index contributed by atoms with van der Waals surface area (Å²) in [5.41, 5.74) is 0. The van der Waals surface area contributed by atoms with E-state index in [2.05, 4.69) is 5.32 Å². The summed E-state index contributed by atoms with van der Waals surface area (Å²) in [6.07, 6.45) is 0.413. The average molecular weight is 356 g/mol. The van der Waals surface area contributed by atoms with E-state index in [0.29, 0.717) is 15.8 Å². The van der Waals surface area contributed by atoms with E-state index < -0.39 is 15.9 Å². The second-order valence-electron chi connectivity index (χ2n) is 4.94. The van der Waals surface area contributed by atoms with Gasteiger partial charge in [0.15, 0.2) is 0 Å². The normalized spacial score (nSPS) is 14.7. The Balaban J connectivity index is 2.34. The zero-order chi connectivity index (χ0) is 16.0. The summed E-state index contributed by atoms with van der Waals surface area (Å²) in [5.74, 6) is 0.528. The number of nitrogens with one attached hydrogen (secondary N) is 1. The van der Waals surface area contributed by atoms with Crippen LogP contribution >= 0.6 is 23.2 Å². The van der Waals surface area contributed by atoms with Gasteiger partial charge in [-0.25, -0.2) is 8.42 Å². The predicted octanol–water partition coefficient (Wildman–Crippen LogP) is 1.76.